The molecule has 1 aromatic heterocycles. The summed E-state index contributed by atoms with van der Waals surface area (Å²) in [5.41, 5.74) is 7.53. The Hall–Kier alpha value is -2.99. The van der Waals surface area contributed by atoms with E-state index in [-0.39, 0.29) is 36.7 Å². The predicted octanol–water partition coefficient (Wildman–Crippen LogP) is 1.64. The quantitative estimate of drug-likeness (QED) is 0.447. The number of urea groups is 1. The molecule has 3 amide bonds. The molecule has 214 valence electrons. The summed E-state index contributed by atoms with van der Waals surface area (Å²) in [5, 5.41) is 5.55. The second kappa shape index (κ2) is 14.4. The minimum Gasteiger partial charge on any atom is -0.338 e. The number of nitrogens with two attached hydrogens (primary N) is 1. The lowest BCUT2D eigenvalue weighted by atomic mass is 9.90. The Balaban J connectivity index is 0.00000420. The molecule has 2 aromatic rings. The van der Waals surface area contributed by atoms with E-state index in [2.05, 4.69) is 39.6 Å². The van der Waals surface area contributed by atoms with Crippen LogP contribution in [-0.2, 0) is 11.3 Å². The summed E-state index contributed by atoms with van der Waals surface area (Å²) in [5.74, 6) is 0.218. The van der Waals surface area contributed by atoms with Gasteiger partial charge in [-0.1, -0.05) is 19.1 Å². The van der Waals surface area contributed by atoms with Crippen LogP contribution in [0, 0.1) is 0 Å². The SMILES string of the molecule is CCN(Cc1ccc(-n2ccc(NC(=O)N3CCN(C(=O)CNC)CC3)nc2=O)cc1)[C@H]1CC[C@H](N)CC1.Cl. The molecular weight excluding hydrogens is 520 g/mol. The lowest BCUT2D eigenvalue weighted by Gasteiger charge is -2.35. The van der Waals surface area contributed by atoms with Gasteiger partial charge in [-0.15, -0.1) is 12.4 Å². The summed E-state index contributed by atoms with van der Waals surface area (Å²) in [6.07, 6.45) is 6.08. The standard InChI is InChI=1S/C27H40N8O3.ClH/c1-3-32(22-10-6-21(28)7-11-22)19-20-4-8-23(9-5-20)35-13-12-24(31-27(35)38)30-26(37)34-16-14-33(15-17-34)25(36)18-29-2;/h4-5,8-9,12-13,21-22,29H,3,6-7,10-11,14-19,28H2,1-2H3,(H,30,31,37,38);1H/t21-,22-;. The van der Waals surface area contributed by atoms with E-state index in [1.165, 1.54) is 10.1 Å². The lowest BCUT2D eigenvalue weighted by Crippen LogP contribution is -2.53. The van der Waals surface area contributed by atoms with Gasteiger partial charge in [0, 0.05) is 51.0 Å². The highest BCUT2D eigenvalue weighted by Gasteiger charge is 2.25. The number of halogens is 1. The maximum Gasteiger partial charge on any atom is 0.354 e. The van der Waals surface area contributed by atoms with Gasteiger partial charge in [0.05, 0.1) is 12.2 Å². The first-order chi connectivity index (χ1) is 18.4. The zero-order chi connectivity index (χ0) is 27.1. The normalized spacial score (nSPS) is 19.5. The first kappa shape index (κ1) is 30.6. The first-order valence-electron chi connectivity index (χ1n) is 13.5. The van der Waals surface area contributed by atoms with Crippen LogP contribution in [0.25, 0.3) is 5.69 Å². The van der Waals surface area contributed by atoms with Crippen molar-refractivity contribution in [1.82, 2.24) is 29.6 Å². The number of carbonyl (C=O) groups excluding carboxylic acids is 2. The van der Waals surface area contributed by atoms with Gasteiger partial charge in [0.15, 0.2) is 0 Å². The second-order valence-electron chi connectivity index (χ2n) is 10.1. The summed E-state index contributed by atoms with van der Waals surface area (Å²) < 4.78 is 1.46. The van der Waals surface area contributed by atoms with Gasteiger partial charge in [0.2, 0.25) is 5.91 Å². The third-order valence-electron chi connectivity index (χ3n) is 7.55. The number of carbonyl (C=O) groups is 2. The molecule has 1 saturated heterocycles. The number of rotatable bonds is 8. The van der Waals surface area contributed by atoms with Crippen LogP contribution < -0.4 is 22.1 Å². The van der Waals surface area contributed by atoms with Gasteiger partial charge in [0.25, 0.3) is 0 Å². The molecule has 0 spiro atoms. The average molecular weight is 561 g/mol. The number of benzene rings is 1. The van der Waals surface area contributed by atoms with Crippen molar-refractivity contribution in [2.75, 3.05) is 51.6 Å². The molecule has 2 fully saturated rings. The monoisotopic (exact) mass is 560 g/mol. The first-order valence-corrected chi connectivity index (χ1v) is 13.5. The van der Waals surface area contributed by atoms with Crippen LogP contribution in [0.3, 0.4) is 0 Å². The van der Waals surface area contributed by atoms with Crippen LogP contribution in [-0.4, -0.2) is 94.6 Å². The summed E-state index contributed by atoms with van der Waals surface area (Å²) in [7, 11) is 1.73. The van der Waals surface area contributed by atoms with Crippen LogP contribution in [0.1, 0.15) is 38.2 Å². The van der Waals surface area contributed by atoms with Crippen molar-refractivity contribution in [3.8, 4) is 5.69 Å². The number of nitrogens with one attached hydrogen (secondary N) is 2. The van der Waals surface area contributed by atoms with Crippen molar-refractivity contribution >= 4 is 30.2 Å². The molecule has 1 aliphatic heterocycles. The van der Waals surface area contributed by atoms with Crippen LogP contribution in [0.15, 0.2) is 41.3 Å². The van der Waals surface area contributed by atoms with E-state index in [0.717, 1.165) is 44.5 Å². The van der Waals surface area contributed by atoms with Gasteiger partial charge in [-0.3, -0.25) is 19.6 Å². The largest absolute Gasteiger partial charge is 0.354 e. The average Bonchev–Trinajstić information content (AvgIpc) is 2.93. The molecule has 4 N–H and O–H groups in total. The van der Waals surface area contributed by atoms with Crippen LogP contribution in [0.2, 0.25) is 0 Å². The van der Waals surface area contributed by atoms with Gasteiger partial charge in [0.1, 0.15) is 5.82 Å². The highest BCUT2D eigenvalue weighted by atomic mass is 35.5. The maximum absolute atomic E-state index is 12.7. The Kier molecular flexibility index (Phi) is 11.3. The predicted molar refractivity (Wildman–Crippen MR) is 154 cm³/mol. The molecule has 2 aliphatic rings. The van der Waals surface area contributed by atoms with Crippen molar-refractivity contribution in [2.24, 2.45) is 5.73 Å². The van der Waals surface area contributed by atoms with E-state index in [1.807, 2.05) is 12.1 Å². The number of amides is 3. The molecule has 0 unspecified atom stereocenters. The molecule has 1 aromatic carbocycles. The van der Waals surface area contributed by atoms with Crippen LogP contribution >= 0.6 is 12.4 Å². The number of piperazine rings is 1. The smallest absolute Gasteiger partial charge is 0.338 e. The Labute approximate surface area is 236 Å². The molecule has 39 heavy (non-hydrogen) atoms. The number of aromatic nitrogens is 2. The van der Waals surface area contributed by atoms with E-state index in [4.69, 9.17) is 5.73 Å². The fraction of sp³-hybridized carbons (Fsp3) is 0.556. The molecule has 0 bridgehead atoms. The Morgan fingerprint density at radius 2 is 1.67 bits per heavy atom. The van der Waals surface area contributed by atoms with Gasteiger partial charge in [-0.2, -0.15) is 4.98 Å². The van der Waals surface area contributed by atoms with Gasteiger partial charge >= 0.3 is 11.7 Å². The molecule has 11 nitrogen and oxygen atoms in total. The van der Waals surface area contributed by atoms with Crippen molar-refractivity contribution in [3.63, 3.8) is 0 Å². The maximum atomic E-state index is 12.7. The van der Waals surface area contributed by atoms with E-state index in [0.29, 0.717) is 38.3 Å². The van der Waals surface area contributed by atoms with Gasteiger partial charge in [-0.05, 0) is 63.0 Å². The highest BCUT2D eigenvalue weighted by molar-refractivity contribution is 5.88. The molecule has 0 atom stereocenters. The van der Waals surface area contributed by atoms with Crippen LogP contribution in [0.5, 0.6) is 0 Å². The Morgan fingerprint density at radius 3 is 2.26 bits per heavy atom. The zero-order valence-electron chi connectivity index (χ0n) is 22.8. The number of hydrogen-bond acceptors (Lipinski definition) is 7. The Bertz CT molecular complexity index is 1140. The minimum atomic E-state index is -0.466. The molecule has 0 radical (unpaired) electrons. The van der Waals surface area contributed by atoms with Gasteiger partial charge < -0.3 is 20.9 Å². The number of likely N-dealkylation sites (N-methyl/N-ethyl adjacent to an activating group) is 1. The minimum absolute atomic E-state index is 0. The van der Waals surface area contributed by atoms with E-state index < -0.39 is 5.69 Å². The molecule has 1 saturated carbocycles. The van der Waals surface area contributed by atoms with E-state index in [1.54, 1.807) is 29.1 Å². The van der Waals surface area contributed by atoms with Crippen molar-refractivity contribution < 1.29 is 9.59 Å². The number of anilines is 1. The lowest BCUT2D eigenvalue weighted by molar-refractivity contribution is -0.131. The van der Waals surface area contributed by atoms with Crippen molar-refractivity contribution in [2.45, 2.75) is 51.2 Å². The topological polar surface area (TPSA) is 129 Å². The molecular formula is C27H41ClN8O3. The molecule has 1 aliphatic carbocycles. The van der Waals surface area contributed by atoms with Crippen LogP contribution in [0.4, 0.5) is 10.6 Å². The van der Waals surface area contributed by atoms with E-state index >= 15 is 0 Å². The highest BCUT2D eigenvalue weighted by Crippen LogP contribution is 2.23. The third-order valence-corrected chi connectivity index (χ3v) is 7.55. The third kappa shape index (κ3) is 8.01. The van der Waals surface area contributed by atoms with Crippen molar-refractivity contribution in [1.29, 1.82) is 0 Å². The van der Waals surface area contributed by atoms with E-state index in [9.17, 15) is 14.4 Å². The molecule has 12 heteroatoms. The zero-order valence-corrected chi connectivity index (χ0v) is 23.7. The second-order valence-corrected chi connectivity index (χ2v) is 10.1. The number of hydrogen-bond donors (Lipinski definition) is 3. The summed E-state index contributed by atoms with van der Waals surface area (Å²) in [4.78, 5) is 47.3. The molecule has 2 heterocycles. The number of nitrogens with zero attached hydrogens (tertiary/aromatic N) is 5. The van der Waals surface area contributed by atoms with Gasteiger partial charge in [-0.25, -0.2) is 9.59 Å². The summed E-state index contributed by atoms with van der Waals surface area (Å²) >= 11 is 0. The fourth-order valence-corrected chi connectivity index (χ4v) is 5.24. The summed E-state index contributed by atoms with van der Waals surface area (Å²) in [6, 6.07) is 10.1. The molecule has 4 rings (SSSR count). The Morgan fingerprint density at radius 1 is 1.03 bits per heavy atom. The van der Waals surface area contributed by atoms with Crippen molar-refractivity contribution in [3.05, 3.63) is 52.6 Å². The fourth-order valence-electron chi connectivity index (χ4n) is 5.24. The summed E-state index contributed by atoms with van der Waals surface area (Å²) in [6.45, 7) is 6.13.